The summed E-state index contributed by atoms with van der Waals surface area (Å²) in [5, 5.41) is 0. The molecule has 0 saturated heterocycles. The van der Waals surface area contributed by atoms with Crippen molar-refractivity contribution in [1.29, 1.82) is 0 Å². The molecule has 1 aromatic carbocycles. The van der Waals surface area contributed by atoms with Crippen LogP contribution in [-0.2, 0) is 4.74 Å². The van der Waals surface area contributed by atoms with Gasteiger partial charge in [-0.1, -0.05) is 18.2 Å². The Morgan fingerprint density at radius 2 is 2.12 bits per heavy atom. The van der Waals surface area contributed by atoms with Crippen molar-refractivity contribution >= 4 is 17.1 Å². The molecule has 1 unspecified atom stereocenters. The molecule has 0 aromatic heterocycles. The largest absolute Gasteiger partial charge is 0.365 e. The van der Waals surface area contributed by atoms with Crippen LogP contribution >= 0.6 is 0 Å². The van der Waals surface area contributed by atoms with E-state index in [4.69, 9.17) is 10.3 Å². The Morgan fingerprint density at radius 3 is 2.76 bits per heavy atom. The lowest BCUT2D eigenvalue weighted by molar-refractivity contribution is -0.0226. The van der Waals surface area contributed by atoms with E-state index >= 15 is 0 Å². The van der Waals surface area contributed by atoms with E-state index in [0.717, 1.165) is 11.4 Å². The highest BCUT2D eigenvalue weighted by Gasteiger charge is 2.25. The lowest BCUT2D eigenvalue weighted by atomic mass is 10.0. The number of methoxy groups -OCH3 is 1. The first-order valence-corrected chi connectivity index (χ1v) is 5.38. The quantitative estimate of drug-likeness (QED) is 0.565. The Hall–Kier alpha value is -2.03. The van der Waals surface area contributed by atoms with Crippen molar-refractivity contribution in [2.45, 2.75) is 12.5 Å². The van der Waals surface area contributed by atoms with Gasteiger partial charge in [0.1, 0.15) is 0 Å². The summed E-state index contributed by atoms with van der Waals surface area (Å²) in [6.45, 7) is 0. The lowest BCUT2D eigenvalue weighted by Crippen LogP contribution is -2.27. The molecule has 0 spiro atoms. The van der Waals surface area contributed by atoms with Gasteiger partial charge in [0.25, 0.3) is 0 Å². The van der Waals surface area contributed by atoms with Crippen LogP contribution in [-0.4, -0.2) is 29.4 Å². The third-order valence-electron chi connectivity index (χ3n) is 2.57. The maximum Gasteiger partial charge on any atom is 0.307 e. The fraction of sp³-hybridized carbons (Fsp3) is 0.231. The minimum absolute atomic E-state index is 0.255. The predicted molar refractivity (Wildman–Crippen MR) is 66.7 cm³/mol. The molecule has 86 valence electrons. The molecule has 0 amide bonds. The van der Waals surface area contributed by atoms with Gasteiger partial charge in [0.05, 0.1) is 17.8 Å². The Labute approximate surface area is 99.9 Å². The molecular formula is C13H13N3O. The molecule has 17 heavy (non-hydrogen) atoms. The van der Waals surface area contributed by atoms with Gasteiger partial charge in [0.15, 0.2) is 6.10 Å². The number of hydrogen-bond acceptors (Lipinski definition) is 2. The van der Waals surface area contributed by atoms with Crippen molar-refractivity contribution in [3.63, 3.8) is 0 Å². The number of ether oxygens (including phenoxy) is 1. The van der Waals surface area contributed by atoms with Gasteiger partial charge in [-0.3, -0.25) is 4.99 Å². The molecule has 1 aliphatic carbocycles. The highest BCUT2D eigenvalue weighted by Crippen LogP contribution is 2.15. The maximum absolute atomic E-state index is 8.90. The molecule has 0 heterocycles. The normalized spacial score (nSPS) is 21.6. The molecule has 0 aliphatic heterocycles. The van der Waals surface area contributed by atoms with E-state index in [-0.39, 0.29) is 6.10 Å². The third-order valence-corrected chi connectivity index (χ3v) is 2.57. The number of para-hydroxylation sites is 1. The van der Waals surface area contributed by atoms with Crippen LogP contribution < -0.4 is 0 Å². The summed E-state index contributed by atoms with van der Waals surface area (Å²) in [6, 6.07) is 9.68. The summed E-state index contributed by atoms with van der Waals surface area (Å²) < 4.78 is 5.16. The van der Waals surface area contributed by atoms with E-state index in [1.165, 1.54) is 0 Å². The standard InChI is InChI=1S/C13H13N3O/c1-17-13-8-7-11(9-12(13)16-14)15-10-5-3-2-4-6-10/h2-8,13H,9H2,1H3. The second-order valence-electron chi connectivity index (χ2n) is 3.72. The zero-order valence-electron chi connectivity index (χ0n) is 9.58. The summed E-state index contributed by atoms with van der Waals surface area (Å²) in [6.07, 6.45) is 3.98. The molecule has 2 rings (SSSR count). The van der Waals surface area contributed by atoms with Gasteiger partial charge in [-0.2, -0.15) is 4.79 Å². The average Bonchev–Trinajstić information content (AvgIpc) is 2.40. The van der Waals surface area contributed by atoms with E-state index in [1.807, 2.05) is 42.5 Å². The van der Waals surface area contributed by atoms with Gasteiger partial charge in [-0.05, 0) is 24.3 Å². The number of nitrogens with zero attached hydrogens (tertiary/aromatic N) is 3. The van der Waals surface area contributed by atoms with Crippen LogP contribution in [0.2, 0.25) is 0 Å². The van der Waals surface area contributed by atoms with E-state index in [1.54, 1.807) is 7.11 Å². The number of rotatable bonds is 2. The Balaban J connectivity index is 2.26. The molecular weight excluding hydrogens is 214 g/mol. The predicted octanol–water partition coefficient (Wildman–Crippen LogP) is 2.40. The van der Waals surface area contributed by atoms with Gasteiger partial charge < -0.3 is 10.3 Å². The Morgan fingerprint density at radius 1 is 1.35 bits per heavy atom. The van der Waals surface area contributed by atoms with E-state index < -0.39 is 0 Å². The van der Waals surface area contributed by atoms with Crippen LogP contribution in [0.5, 0.6) is 0 Å². The van der Waals surface area contributed by atoms with E-state index in [0.29, 0.717) is 12.1 Å². The van der Waals surface area contributed by atoms with Gasteiger partial charge >= 0.3 is 5.71 Å². The highest BCUT2D eigenvalue weighted by molar-refractivity contribution is 6.13. The van der Waals surface area contributed by atoms with Gasteiger partial charge in [0, 0.05) is 7.11 Å². The minimum atomic E-state index is -0.255. The molecule has 0 N–H and O–H groups in total. The number of allylic oxidation sites excluding steroid dienone is 1. The SMILES string of the molecule is COC1C=CC(=Nc2ccccc2)CC1=[N+]=[N-]. The van der Waals surface area contributed by atoms with E-state index in [2.05, 4.69) is 9.78 Å². The topological polar surface area (TPSA) is 58.0 Å². The highest BCUT2D eigenvalue weighted by atomic mass is 16.5. The van der Waals surface area contributed by atoms with Gasteiger partial charge in [-0.15, -0.1) is 0 Å². The van der Waals surface area contributed by atoms with Gasteiger partial charge in [0.2, 0.25) is 0 Å². The van der Waals surface area contributed by atoms with Crippen molar-refractivity contribution in [1.82, 2.24) is 0 Å². The summed E-state index contributed by atoms with van der Waals surface area (Å²) >= 11 is 0. The fourth-order valence-corrected chi connectivity index (χ4v) is 1.71. The first-order valence-electron chi connectivity index (χ1n) is 5.38. The molecule has 0 fully saturated rings. The number of aliphatic imine (C=N–C) groups is 1. The Kier molecular flexibility index (Phi) is 3.60. The smallest absolute Gasteiger partial charge is 0.307 e. The van der Waals surface area contributed by atoms with Crippen LogP contribution in [0.1, 0.15) is 6.42 Å². The molecule has 1 aromatic rings. The third kappa shape index (κ3) is 2.75. The first kappa shape index (κ1) is 11.5. The molecule has 0 radical (unpaired) electrons. The summed E-state index contributed by atoms with van der Waals surface area (Å²) in [4.78, 5) is 7.72. The zero-order valence-corrected chi connectivity index (χ0v) is 9.58. The average molecular weight is 227 g/mol. The molecule has 1 atom stereocenters. The summed E-state index contributed by atoms with van der Waals surface area (Å²) in [5.41, 5.74) is 11.2. The lowest BCUT2D eigenvalue weighted by Gasteiger charge is -2.11. The van der Waals surface area contributed by atoms with Crippen LogP contribution in [0.4, 0.5) is 5.69 Å². The second-order valence-corrected chi connectivity index (χ2v) is 3.72. The van der Waals surface area contributed by atoms with Crippen LogP contribution in [0, 0.1) is 0 Å². The van der Waals surface area contributed by atoms with Gasteiger partial charge in [-0.25, -0.2) is 0 Å². The van der Waals surface area contributed by atoms with Crippen molar-refractivity contribution < 1.29 is 9.53 Å². The summed E-state index contributed by atoms with van der Waals surface area (Å²) in [5.74, 6) is 0. The second kappa shape index (κ2) is 5.34. The molecule has 4 heteroatoms. The Bertz CT molecular complexity index is 499. The monoisotopic (exact) mass is 227 g/mol. The van der Waals surface area contributed by atoms with Crippen LogP contribution in [0.15, 0.2) is 47.5 Å². The van der Waals surface area contributed by atoms with Crippen LogP contribution in [0.25, 0.3) is 5.53 Å². The van der Waals surface area contributed by atoms with Crippen molar-refractivity contribution in [2.24, 2.45) is 4.99 Å². The molecule has 0 saturated carbocycles. The summed E-state index contributed by atoms with van der Waals surface area (Å²) in [7, 11) is 1.58. The van der Waals surface area contributed by atoms with Crippen molar-refractivity contribution in [3.8, 4) is 0 Å². The zero-order chi connectivity index (χ0) is 12.1. The van der Waals surface area contributed by atoms with Crippen molar-refractivity contribution in [2.75, 3.05) is 7.11 Å². The number of benzene rings is 1. The number of hydrogen-bond donors (Lipinski definition) is 0. The molecule has 1 aliphatic rings. The van der Waals surface area contributed by atoms with E-state index in [9.17, 15) is 0 Å². The maximum atomic E-state index is 8.90. The molecule has 0 bridgehead atoms. The van der Waals surface area contributed by atoms with Crippen LogP contribution in [0.3, 0.4) is 0 Å². The van der Waals surface area contributed by atoms with Crippen molar-refractivity contribution in [3.05, 3.63) is 48.0 Å². The first-order chi connectivity index (χ1) is 8.33. The minimum Gasteiger partial charge on any atom is -0.365 e. The fourth-order valence-electron chi connectivity index (χ4n) is 1.71. The molecule has 4 nitrogen and oxygen atoms in total.